The second kappa shape index (κ2) is 3.69. The van der Waals surface area contributed by atoms with Crippen LogP contribution in [-0.2, 0) is 6.54 Å². The van der Waals surface area contributed by atoms with E-state index in [4.69, 9.17) is 11.6 Å². The average Bonchev–Trinajstić information content (AvgIpc) is 1.98. The van der Waals surface area contributed by atoms with Gasteiger partial charge in [0.25, 0.3) is 0 Å². The number of nitrogens with one attached hydrogen (secondary N) is 1. The lowest BCUT2D eigenvalue weighted by Crippen LogP contribution is -1.99. The summed E-state index contributed by atoms with van der Waals surface area (Å²) in [4.78, 5) is 0. The van der Waals surface area contributed by atoms with Crippen LogP contribution in [0, 0.1) is 6.92 Å². The van der Waals surface area contributed by atoms with Crippen LogP contribution >= 0.6 is 11.6 Å². The minimum atomic E-state index is 0.208. The van der Waals surface area contributed by atoms with Gasteiger partial charge in [0.2, 0.25) is 0 Å². The Balaban J connectivity index is 2.86. The van der Waals surface area contributed by atoms with Gasteiger partial charge in [-0.2, -0.15) is 5.54 Å². The molecule has 1 N–H and O–H groups in total. The largest absolute Gasteiger partial charge is 0.155 e. The number of rotatable bonds is 2. The lowest BCUT2D eigenvalue weighted by Gasteiger charge is -2.00. The minimum absolute atomic E-state index is 0.208. The smallest absolute Gasteiger partial charge is 0.0510 e. The second-order valence-corrected chi connectivity index (χ2v) is 2.80. The van der Waals surface area contributed by atoms with Crippen LogP contribution in [0.25, 0.3) is 0 Å². The molecule has 0 amide bonds. The van der Waals surface area contributed by atoms with Crippen molar-refractivity contribution in [3.63, 3.8) is 0 Å². The summed E-state index contributed by atoms with van der Waals surface area (Å²) in [5.41, 5.74) is 3.43. The first-order valence-corrected chi connectivity index (χ1v) is 3.70. The van der Waals surface area contributed by atoms with Crippen LogP contribution in [0.3, 0.4) is 0 Å². The zero-order chi connectivity index (χ0) is 8.27. The van der Waals surface area contributed by atoms with E-state index in [2.05, 4.69) is 0 Å². The summed E-state index contributed by atoms with van der Waals surface area (Å²) in [6.45, 7) is 2.12. The van der Waals surface area contributed by atoms with Crippen molar-refractivity contribution in [1.82, 2.24) is 5.54 Å². The Hall–Kier alpha value is -0.600. The molecule has 1 aromatic rings. The van der Waals surface area contributed by atoms with Crippen LogP contribution in [0.2, 0.25) is 5.02 Å². The molecule has 3 heteroatoms. The molecule has 11 heavy (non-hydrogen) atoms. The maximum absolute atomic E-state index is 11.6. The summed E-state index contributed by atoms with van der Waals surface area (Å²) >= 11 is 5.80. The van der Waals surface area contributed by atoms with Gasteiger partial charge in [-0.1, -0.05) is 23.7 Å². The zero-order valence-electron chi connectivity index (χ0n) is 6.20. The molecule has 0 bridgehead atoms. The van der Waals surface area contributed by atoms with Gasteiger partial charge in [-0.3, -0.25) is 0 Å². The topological polar surface area (TPSA) is 12.0 Å². The highest BCUT2D eigenvalue weighted by Crippen LogP contribution is 2.16. The number of halogens is 2. The van der Waals surface area contributed by atoms with Crippen molar-refractivity contribution in [2.45, 2.75) is 13.5 Å². The van der Waals surface area contributed by atoms with Gasteiger partial charge in [0.15, 0.2) is 0 Å². The quantitative estimate of drug-likeness (QED) is 0.678. The first-order chi connectivity index (χ1) is 5.24. The third kappa shape index (κ3) is 2.17. The molecule has 0 heterocycles. The molecule has 0 saturated carbocycles. The fourth-order valence-corrected chi connectivity index (χ4v) is 1.03. The van der Waals surface area contributed by atoms with Crippen molar-refractivity contribution < 1.29 is 4.48 Å². The van der Waals surface area contributed by atoms with Crippen molar-refractivity contribution in [3.05, 3.63) is 34.3 Å². The van der Waals surface area contributed by atoms with Gasteiger partial charge in [-0.05, 0) is 24.1 Å². The normalized spacial score (nSPS) is 10.1. The Morgan fingerprint density at radius 3 is 2.82 bits per heavy atom. The van der Waals surface area contributed by atoms with Gasteiger partial charge < -0.3 is 0 Å². The predicted octanol–water partition coefficient (Wildman–Crippen LogP) is 2.62. The van der Waals surface area contributed by atoms with E-state index < -0.39 is 0 Å². The van der Waals surface area contributed by atoms with Crippen LogP contribution < -0.4 is 5.54 Å². The molecular formula is C8H9ClFN. The van der Waals surface area contributed by atoms with Crippen LogP contribution in [0.15, 0.2) is 18.2 Å². The van der Waals surface area contributed by atoms with E-state index in [0.717, 1.165) is 11.1 Å². The van der Waals surface area contributed by atoms with Gasteiger partial charge in [0.05, 0.1) is 6.54 Å². The van der Waals surface area contributed by atoms with Crippen molar-refractivity contribution in [3.8, 4) is 0 Å². The molecule has 0 aliphatic carbocycles. The molecule has 0 aliphatic heterocycles. The standard InChI is InChI=1S/C8H9ClFN/c1-6-2-3-7(5-11-10)4-8(6)9/h2-4,11H,5H2,1H3. The molecule has 0 atom stereocenters. The maximum Gasteiger partial charge on any atom is 0.0510 e. The third-order valence-corrected chi connectivity index (χ3v) is 1.91. The van der Waals surface area contributed by atoms with E-state index in [1.165, 1.54) is 0 Å². The number of hydrogen-bond donors (Lipinski definition) is 1. The maximum atomic E-state index is 11.6. The number of aryl methyl sites for hydroxylation is 1. The highest BCUT2D eigenvalue weighted by molar-refractivity contribution is 6.31. The second-order valence-electron chi connectivity index (χ2n) is 2.39. The third-order valence-electron chi connectivity index (χ3n) is 1.51. The van der Waals surface area contributed by atoms with Crippen molar-refractivity contribution in [2.24, 2.45) is 0 Å². The average molecular weight is 174 g/mol. The summed E-state index contributed by atoms with van der Waals surface area (Å²) in [5.74, 6) is 0. The molecule has 60 valence electrons. The SMILES string of the molecule is Cc1ccc(CNF)cc1Cl. The molecule has 0 aromatic heterocycles. The molecule has 0 aliphatic rings. The van der Waals surface area contributed by atoms with Crippen LogP contribution in [0.4, 0.5) is 4.48 Å². The first-order valence-electron chi connectivity index (χ1n) is 3.32. The van der Waals surface area contributed by atoms with Crippen molar-refractivity contribution in [2.75, 3.05) is 0 Å². The highest BCUT2D eigenvalue weighted by Gasteiger charge is 1.96. The lowest BCUT2D eigenvalue weighted by atomic mass is 10.1. The predicted molar refractivity (Wildman–Crippen MR) is 44.1 cm³/mol. The van der Waals surface area contributed by atoms with Gasteiger partial charge in [0.1, 0.15) is 0 Å². The van der Waals surface area contributed by atoms with Gasteiger partial charge in [0, 0.05) is 5.02 Å². The molecular weight excluding hydrogens is 165 g/mol. The monoisotopic (exact) mass is 173 g/mol. The minimum Gasteiger partial charge on any atom is -0.155 e. The summed E-state index contributed by atoms with van der Waals surface area (Å²) in [7, 11) is 0. The Morgan fingerprint density at radius 2 is 2.27 bits per heavy atom. The van der Waals surface area contributed by atoms with E-state index in [-0.39, 0.29) is 6.54 Å². The summed E-state index contributed by atoms with van der Waals surface area (Å²) in [6, 6.07) is 5.46. The number of hydrogen-bond acceptors (Lipinski definition) is 1. The zero-order valence-corrected chi connectivity index (χ0v) is 6.95. The van der Waals surface area contributed by atoms with Crippen LogP contribution in [-0.4, -0.2) is 0 Å². The van der Waals surface area contributed by atoms with Gasteiger partial charge in [-0.15, -0.1) is 4.48 Å². The van der Waals surface area contributed by atoms with Crippen LogP contribution in [0.1, 0.15) is 11.1 Å². The molecule has 0 fully saturated rings. The van der Waals surface area contributed by atoms with E-state index in [1.54, 1.807) is 11.6 Å². The van der Waals surface area contributed by atoms with Crippen molar-refractivity contribution >= 4 is 11.6 Å². The van der Waals surface area contributed by atoms with Crippen LogP contribution in [0.5, 0.6) is 0 Å². The Labute approximate surface area is 70.1 Å². The van der Waals surface area contributed by atoms with Gasteiger partial charge in [-0.25, -0.2) is 0 Å². The molecule has 0 radical (unpaired) electrons. The van der Waals surface area contributed by atoms with E-state index in [0.29, 0.717) is 5.02 Å². The fourth-order valence-electron chi connectivity index (χ4n) is 0.823. The number of benzene rings is 1. The Morgan fingerprint density at radius 1 is 1.55 bits per heavy atom. The van der Waals surface area contributed by atoms with Crippen molar-refractivity contribution in [1.29, 1.82) is 0 Å². The summed E-state index contributed by atoms with van der Waals surface area (Å²) < 4.78 is 11.6. The molecule has 1 aromatic carbocycles. The molecule has 1 rings (SSSR count). The summed E-state index contributed by atoms with van der Waals surface area (Å²) in [6.07, 6.45) is 0. The molecule has 0 unspecified atom stereocenters. The Kier molecular flexibility index (Phi) is 2.85. The first kappa shape index (κ1) is 8.50. The fraction of sp³-hybridized carbons (Fsp3) is 0.250. The molecule has 0 spiro atoms. The molecule has 1 nitrogen and oxygen atoms in total. The lowest BCUT2D eigenvalue weighted by molar-refractivity contribution is 0.330. The van der Waals surface area contributed by atoms with E-state index in [9.17, 15) is 4.48 Å². The van der Waals surface area contributed by atoms with E-state index in [1.807, 2.05) is 19.1 Å². The van der Waals surface area contributed by atoms with E-state index >= 15 is 0 Å². The summed E-state index contributed by atoms with van der Waals surface area (Å²) in [5, 5.41) is 0.678. The molecule has 0 saturated heterocycles. The Bertz CT molecular complexity index is 250. The highest BCUT2D eigenvalue weighted by atomic mass is 35.5. The van der Waals surface area contributed by atoms with Gasteiger partial charge >= 0.3 is 0 Å².